The van der Waals surface area contributed by atoms with Gasteiger partial charge in [0.15, 0.2) is 0 Å². The number of phenolic OH excluding ortho intramolecular Hbond substituents is 1. The molecule has 3 rings (SSSR count). The van der Waals surface area contributed by atoms with Crippen LogP contribution in [0.15, 0.2) is 18.2 Å². The number of piperidine rings is 2. The summed E-state index contributed by atoms with van der Waals surface area (Å²) in [6, 6.07) is 5.85. The monoisotopic (exact) mass is 365 g/mol. The standard InChI is InChI=1S/C20H32ClN3O/c21-18-13-17(14-20(25)15-18)16-22-19-5-11-24(12-6-19)10-4-9-23-7-2-1-3-8-23/h13-15,19,22,25H,1-12,16H2. The van der Waals surface area contributed by atoms with Crippen molar-refractivity contribution in [3.8, 4) is 5.75 Å². The SMILES string of the molecule is Oc1cc(Cl)cc(CNC2CCN(CCCN3CCCCC3)CC2)c1. The van der Waals surface area contributed by atoms with E-state index in [0.717, 1.165) is 12.1 Å². The summed E-state index contributed by atoms with van der Waals surface area (Å²) in [6.07, 6.45) is 7.92. The van der Waals surface area contributed by atoms with Gasteiger partial charge >= 0.3 is 0 Å². The van der Waals surface area contributed by atoms with Gasteiger partial charge in [0.25, 0.3) is 0 Å². The predicted octanol–water partition coefficient (Wildman–Crippen LogP) is 3.48. The Morgan fingerprint density at radius 2 is 1.64 bits per heavy atom. The van der Waals surface area contributed by atoms with Crippen LogP contribution in [0, 0.1) is 0 Å². The highest BCUT2D eigenvalue weighted by molar-refractivity contribution is 6.30. The van der Waals surface area contributed by atoms with Gasteiger partial charge in [-0.15, -0.1) is 0 Å². The summed E-state index contributed by atoms with van der Waals surface area (Å²) in [6.45, 7) is 8.29. The summed E-state index contributed by atoms with van der Waals surface area (Å²) in [5.41, 5.74) is 1.05. The van der Waals surface area contributed by atoms with E-state index in [0.29, 0.717) is 11.1 Å². The molecule has 0 aromatic heterocycles. The molecule has 0 atom stereocenters. The van der Waals surface area contributed by atoms with Crippen LogP contribution in [0.2, 0.25) is 5.02 Å². The van der Waals surface area contributed by atoms with Gasteiger partial charge in [0.1, 0.15) is 5.75 Å². The first-order valence-corrected chi connectivity index (χ1v) is 10.2. The number of phenols is 1. The van der Waals surface area contributed by atoms with Gasteiger partial charge in [0.05, 0.1) is 0 Å². The Bertz CT molecular complexity index is 505. The molecule has 2 saturated heterocycles. The van der Waals surface area contributed by atoms with E-state index in [4.69, 9.17) is 11.6 Å². The van der Waals surface area contributed by atoms with Crippen LogP contribution in [0.3, 0.4) is 0 Å². The largest absolute Gasteiger partial charge is 0.508 e. The number of aromatic hydroxyl groups is 1. The van der Waals surface area contributed by atoms with Crippen molar-refractivity contribution >= 4 is 11.6 Å². The fourth-order valence-corrected chi connectivity index (χ4v) is 4.31. The quantitative estimate of drug-likeness (QED) is 0.776. The van der Waals surface area contributed by atoms with E-state index in [2.05, 4.69) is 15.1 Å². The average Bonchev–Trinajstić information content (AvgIpc) is 2.61. The van der Waals surface area contributed by atoms with Gasteiger partial charge in [0, 0.05) is 17.6 Å². The van der Waals surface area contributed by atoms with Gasteiger partial charge in [-0.25, -0.2) is 0 Å². The second kappa shape index (κ2) is 9.77. The molecule has 0 radical (unpaired) electrons. The minimum absolute atomic E-state index is 0.243. The van der Waals surface area contributed by atoms with Crippen molar-refractivity contribution in [3.63, 3.8) is 0 Å². The molecule has 140 valence electrons. The maximum atomic E-state index is 9.62. The third-order valence-electron chi connectivity index (χ3n) is 5.52. The number of likely N-dealkylation sites (tertiary alicyclic amines) is 2. The number of hydrogen-bond acceptors (Lipinski definition) is 4. The molecular formula is C20H32ClN3O. The van der Waals surface area contributed by atoms with Crippen molar-refractivity contribution in [2.75, 3.05) is 39.3 Å². The molecular weight excluding hydrogens is 334 g/mol. The van der Waals surface area contributed by atoms with Gasteiger partial charge in [0.2, 0.25) is 0 Å². The summed E-state index contributed by atoms with van der Waals surface area (Å²) in [5, 5.41) is 13.8. The molecule has 5 heteroatoms. The predicted molar refractivity (Wildman–Crippen MR) is 104 cm³/mol. The van der Waals surface area contributed by atoms with Crippen LogP contribution in [0.25, 0.3) is 0 Å². The van der Waals surface area contributed by atoms with Crippen molar-refractivity contribution in [3.05, 3.63) is 28.8 Å². The topological polar surface area (TPSA) is 38.7 Å². The van der Waals surface area contributed by atoms with E-state index in [-0.39, 0.29) is 5.75 Å². The fourth-order valence-electron chi connectivity index (χ4n) is 4.06. The molecule has 1 aromatic carbocycles. The molecule has 0 spiro atoms. The van der Waals surface area contributed by atoms with E-state index < -0.39 is 0 Å². The third kappa shape index (κ3) is 6.45. The van der Waals surface area contributed by atoms with Gasteiger partial charge in [-0.1, -0.05) is 18.0 Å². The summed E-state index contributed by atoms with van der Waals surface area (Å²) in [7, 11) is 0. The maximum absolute atomic E-state index is 9.62. The molecule has 2 heterocycles. The van der Waals surface area contributed by atoms with E-state index in [1.54, 1.807) is 12.1 Å². The smallest absolute Gasteiger partial charge is 0.117 e. The van der Waals surface area contributed by atoms with Crippen LogP contribution in [-0.4, -0.2) is 60.2 Å². The van der Waals surface area contributed by atoms with Crippen LogP contribution in [0.4, 0.5) is 0 Å². The van der Waals surface area contributed by atoms with Crippen molar-refractivity contribution in [2.45, 2.75) is 51.1 Å². The minimum Gasteiger partial charge on any atom is -0.508 e. The van der Waals surface area contributed by atoms with Gasteiger partial charge in [-0.3, -0.25) is 0 Å². The summed E-state index contributed by atoms with van der Waals surface area (Å²) in [4.78, 5) is 5.26. The molecule has 0 amide bonds. The lowest BCUT2D eigenvalue weighted by Gasteiger charge is -2.33. The number of hydrogen-bond donors (Lipinski definition) is 2. The highest BCUT2D eigenvalue weighted by Crippen LogP contribution is 2.20. The van der Waals surface area contributed by atoms with Crippen LogP contribution in [-0.2, 0) is 6.54 Å². The lowest BCUT2D eigenvalue weighted by atomic mass is 10.0. The maximum Gasteiger partial charge on any atom is 0.117 e. The second-order valence-corrected chi connectivity index (χ2v) is 8.01. The number of nitrogens with zero attached hydrogens (tertiary/aromatic N) is 2. The Morgan fingerprint density at radius 1 is 0.960 bits per heavy atom. The average molecular weight is 366 g/mol. The summed E-state index contributed by atoms with van der Waals surface area (Å²) >= 11 is 6.00. The Balaban J connectivity index is 1.30. The summed E-state index contributed by atoms with van der Waals surface area (Å²) in [5.74, 6) is 0.243. The fraction of sp³-hybridized carbons (Fsp3) is 0.700. The second-order valence-electron chi connectivity index (χ2n) is 7.57. The van der Waals surface area contributed by atoms with Crippen LogP contribution in [0.1, 0.15) is 44.1 Å². The molecule has 2 fully saturated rings. The van der Waals surface area contributed by atoms with Crippen molar-refractivity contribution in [1.29, 1.82) is 0 Å². The third-order valence-corrected chi connectivity index (χ3v) is 5.74. The number of halogens is 1. The molecule has 2 aliphatic heterocycles. The van der Waals surface area contributed by atoms with E-state index in [1.807, 2.05) is 6.07 Å². The van der Waals surface area contributed by atoms with E-state index in [1.165, 1.54) is 77.8 Å². The minimum atomic E-state index is 0.243. The van der Waals surface area contributed by atoms with Gasteiger partial charge < -0.3 is 20.2 Å². The zero-order valence-corrected chi connectivity index (χ0v) is 16.0. The molecule has 1 aromatic rings. The lowest BCUT2D eigenvalue weighted by molar-refractivity contribution is 0.173. The van der Waals surface area contributed by atoms with Gasteiger partial charge in [-0.2, -0.15) is 0 Å². The molecule has 4 nitrogen and oxygen atoms in total. The Morgan fingerprint density at radius 3 is 2.32 bits per heavy atom. The van der Waals surface area contributed by atoms with Crippen molar-refractivity contribution < 1.29 is 5.11 Å². The Hall–Kier alpha value is -0.810. The molecule has 0 unspecified atom stereocenters. The zero-order valence-electron chi connectivity index (χ0n) is 15.2. The molecule has 0 bridgehead atoms. The first kappa shape index (κ1) is 19.0. The van der Waals surface area contributed by atoms with Gasteiger partial charge in [-0.05, 0) is 95.1 Å². The number of rotatable bonds is 7. The normalized spacial score (nSPS) is 20.8. The molecule has 0 aliphatic carbocycles. The van der Waals surface area contributed by atoms with Crippen molar-refractivity contribution in [2.24, 2.45) is 0 Å². The van der Waals surface area contributed by atoms with Crippen LogP contribution >= 0.6 is 11.6 Å². The molecule has 25 heavy (non-hydrogen) atoms. The Kier molecular flexibility index (Phi) is 7.41. The lowest BCUT2D eigenvalue weighted by Crippen LogP contribution is -2.43. The first-order valence-electron chi connectivity index (χ1n) is 9.85. The highest BCUT2D eigenvalue weighted by atomic mass is 35.5. The molecule has 0 saturated carbocycles. The Labute approximate surface area is 157 Å². The highest BCUT2D eigenvalue weighted by Gasteiger charge is 2.19. The molecule has 2 aliphatic rings. The van der Waals surface area contributed by atoms with Crippen molar-refractivity contribution in [1.82, 2.24) is 15.1 Å². The van der Waals surface area contributed by atoms with Crippen LogP contribution < -0.4 is 5.32 Å². The first-order chi connectivity index (χ1) is 12.2. The van der Waals surface area contributed by atoms with Crippen LogP contribution in [0.5, 0.6) is 5.75 Å². The van der Waals surface area contributed by atoms with E-state index >= 15 is 0 Å². The van der Waals surface area contributed by atoms with E-state index in [9.17, 15) is 5.11 Å². The summed E-state index contributed by atoms with van der Waals surface area (Å²) < 4.78 is 0. The number of benzene rings is 1. The number of nitrogens with one attached hydrogen (secondary N) is 1. The zero-order chi connectivity index (χ0) is 17.5. The molecule has 2 N–H and O–H groups in total.